The number of furan rings is 1. The third-order valence-corrected chi connectivity index (χ3v) is 4.97. The second kappa shape index (κ2) is 8.30. The highest BCUT2D eigenvalue weighted by molar-refractivity contribution is 8.00. The van der Waals surface area contributed by atoms with Crippen molar-refractivity contribution >= 4 is 29.2 Å². The van der Waals surface area contributed by atoms with Crippen molar-refractivity contribution in [3.05, 3.63) is 59.9 Å². The minimum Gasteiger partial charge on any atom is -0.464 e. The fourth-order valence-electron chi connectivity index (χ4n) is 2.54. The molecule has 0 aliphatic heterocycles. The number of nitrogens with one attached hydrogen (secondary N) is 1. The van der Waals surface area contributed by atoms with Crippen molar-refractivity contribution in [2.75, 3.05) is 11.1 Å². The molecule has 138 valence electrons. The molecule has 0 saturated heterocycles. The van der Waals surface area contributed by atoms with Crippen molar-refractivity contribution < 1.29 is 9.21 Å². The fraction of sp³-hybridized carbons (Fsp3) is 0.100. The van der Waals surface area contributed by atoms with Gasteiger partial charge in [0, 0.05) is 5.69 Å². The summed E-state index contributed by atoms with van der Waals surface area (Å²) in [7, 11) is 0. The third kappa shape index (κ3) is 3.83. The van der Waals surface area contributed by atoms with Crippen LogP contribution in [0.2, 0.25) is 0 Å². The maximum Gasteiger partial charge on any atom is 0.237 e. The van der Waals surface area contributed by atoms with E-state index in [0.717, 1.165) is 11.8 Å². The number of nitrogens with zero attached hydrogens (tertiary/aromatic N) is 3. The second-order valence-electron chi connectivity index (χ2n) is 5.74. The Morgan fingerprint density at radius 2 is 1.89 bits per heavy atom. The van der Waals surface area contributed by atoms with Crippen LogP contribution in [0.4, 0.5) is 11.5 Å². The summed E-state index contributed by atoms with van der Waals surface area (Å²) in [6.07, 6.45) is 1.44. The molecule has 0 spiro atoms. The van der Waals surface area contributed by atoms with E-state index in [-0.39, 0.29) is 33.4 Å². The SMILES string of the molecule is CC(Sc1nc(N)c(C#N)c(-c2ccco2)c1C#N)C(=O)Nc1ccccc1. The van der Waals surface area contributed by atoms with Crippen molar-refractivity contribution in [1.29, 1.82) is 10.5 Å². The van der Waals surface area contributed by atoms with E-state index in [1.807, 2.05) is 24.3 Å². The number of thioether (sulfide) groups is 1. The second-order valence-corrected chi connectivity index (χ2v) is 7.07. The number of aromatic nitrogens is 1. The number of nitriles is 2. The van der Waals surface area contributed by atoms with Crippen LogP contribution in [0, 0.1) is 22.7 Å². The zero-order valence-corrected chi connectivity index (χ0v) is 15.7. The maximum absolute atomic E-state index is 12.5. The van der Waals surface area contributed by atoms with Gasteiger partial charge in [-0.2, -0.15) is 10.5 Å². The number of amides is 1. The molecule has 0 radical (unpaired) electrons. The number of pyridine rings is 1. The van der Waals surface area contributed by atoms with Gasteiger partial charge in [0.05, 0.1) is 22.6 Å². The smallest absolute Gasteiger partial charge is 0.237 e. The standard InChI is InChI=1S/C20H15N5O2S/c1-12(19(26)24-13-6-3-2-4-7-13)28-20-15(11-22)17(16-8-5-9-27-16)14(10-21)18(23)25-20/h2-9,12H,1H3,(H2,23,25)(H,24,26). The van der Waals surface area contributed by atoms with Crippen LogP contribution in [-0.4, -0.2) is 16.1 Å². The lowest BCUT2D eigenvalue weighted by molar-refractivity contribution is -0.115. The first kappa shape index (κ1) is 19.0. The molecule has 2 aromatic heterocycles. The minimum atomic E-state index is -0.559. The predicted octanol–water partition coefficient (Wildman–Crippen LogP) is 3.79. The highest BCUT2D eigenvalue weighted by Crippen LogP contribution is 2.37. The van der Waals surface area contributed by atoms with Gasteiger partial charge < -0.3 is 15.5 Å². The van der Waals surface area contributed by atoms with E-state index < -0.39 is 5.25 Å². The predicted molar refractivity (Wildman–Crippen MR) is 106 cm³/mol. The Bertz CT molecular complexity index is 1080. The average Bonchev–Trinajstić information content (AvgIpc) is 3.22. The average molecular weight is 389 g/mol. The van der Waals surface area contributed by atoms with Gasteiger partial charge in [0.15, 0.2) is 0 Å². The van der Waals surface area contributed by atoms with E-state index in [0.29, 0.717) is 11.4 Å². The maximum atomic E-state index is 12.5. The van der Waals surface area contributed by atoms with Crippen LogP contribution in [-0.2, 0) is 4.79 Å². The number of nitrogens with two attached hydrogens (primary N) is 1. The zero-order valence-electron chi connectivity index (χ0n) is 14.8. The van der Waals surface area contributed by atoms with Crippen LogP contribution < -0.4 is 11.1 Å². The Morgan fingerprint density at radius 1 is 1.18 bits per heavy atom. The summed E-state index contributed by atoms with van der Waals surface area (Å²) in [5.41, 5.74) is 7.10. The number of carbonyl (C=O) groups is 1. The molecular weight excluding hydrogens is 374 g/mol. The van der Waals surface area contributed by atoms with Crippen LogP contribution in [0.5, 0.6) is 0 Å². The van der Waals surface area contributed by atoms with Crippen LogP contribution >= 0.6 is 11.8 Å². The van der Waals surface area contributed by atoms with E-state index >= 15 is 0 Å². The summed E-state index contributed by atoms with van der Waals surface area (Å²) < 4.78 is 5.37. The van der Waals surface area contributed by atoms with Crippen molar-refractivity contribution in [3.63, 3.8) is 0 Å². The van der Waals surface area contributed by atoms with Crippen LogP contribution in [0.3, 0.4) is 0 Å². The molecule has 3 N–H and O–H groups in total. The molecule has 3 rings (SSSR count). The van der Waals surface area contributed by atoms with E-state index in [9.17, 15) is 15.3 Å². The van der Waals surface area contributed by atoms with Crippen LogP contribution in [0.15, 0.2) is 58.2 Å². The summed E-state index contributed by atoms with van der Waals surface area (Å²) in [6.45, 7) is 1.70. The van der Waals surface area contributed by atoms with Gasteiger partial charge in [0.2, 0.25) is 5.91 Å². The monoisotopic (exact) mass is 389 g/mol. The first-order chi connectivity index (χ1) is 13.5. The molecule has 0 saturated carbocycles. The molecule has 0 bridgehead atoms. The van der Waals surface area contributed by atoms with Gasteiger partial charge in [-0.1, -0.05) is 30.0 Å². The van der Waals surface area contributed by atoms with Gasteiger partial charge >= 0.3 is 0 Å². The quantitative estimate of drug-likeness (QED) is 0.635. The van der Waals surface area contributed by atoms with E-state index in [2.05, 4.69) is 16.4 Å². The highest BCUT2D eigenvalue weighted by Gasteiger charge is 2.25. The van der Waals surface area contributed by atoms with Crippen LogP contribution in [0.1, 0.15) is 18.1 Å². The van der Waals surface area contributed by atoms with Crippen molar-refractivity contribution in [2.24, 2.45) is 0 Å². The summed E-state index contributed by atoms with van der Waals surface area (Å²) in [4.78, 5) is 16.7. The van der Waals surface area contributed by atoms with Crippen molar-refractivity contribution in [3.8, 4) is 23.5 Å². The lowest BCUT2D eigenvalue weighted by Gasteiger charge is -2.15. The lowest BCUT2D eigenvalue weighted by Crippen LogP contribution is -2.22. The van der Waals surface area contributed by atoms with Gasteiger partial charge in [-0.05, 0) is 31.2 Å². The summed E-state index contributed by atoms with van der Waals surface area (Å²) in [6, 6.07) is 16.4. The largest absolute Gasteiger partial charge is 0.464 e. The number of carbonyl (C=O) groups excluding carboxylic acids is 1. The van der Waals surface area contributed by atoms with Gasteiger partial charge in [-0.25, -0.2) is 4.98 Å². The molecule has 1 amide bonds. The highest BCUT2D eigenvalue weighted by atomic mass is 32.2. The summed E-state index contributed by atoms with van der Waals surface area (Å²) in [5, 5.41) is 21.7. The lowest BCUT2D eigenvalue weighted by atomic mass is 10.0. The number of benzene rings is 1. The summed E-state index contributed by atoms with van der Waals surface area (Å²) in [5.74, 6) is 0.0703. The molecule has 28 heavy (non-hydrogen) atoms. The molecule has 3 aromatic rings. The van der Waals surface area contributed by atoms with Gasteiger partial charge in [-0.15, -0.1) is 0 Å². The molecule has 0 aliphatic rings. The number of anilines is 2. The Labute approximate surface area is 165 Å². The molecule has 0 aliphatic carbocycles. The van der Waals surface area contributed by atoms with E-state index in [1.165, 1.54) is 6.26 Å². The number of hydrogen-bond acceptors (Lipinski definition) is 7. The molecule has 0 fully saturated rings. The minimum absolute atomic E-state index is 0.0222. The molecule has 7 nitrogen and oxygen atoms in total. The Balaban J connectivity index is 1.95. The Morgan fingerprint density at radius 3 is 2.50 bits per heavy atom. The number of para-hydroxylation sites is 1. The van der Waals surface area contributed by atoms with Gasteiger partial charge in [0.1, 0.15) is 34.3 Å². The fourth-order valence-corrected chi connectivity index (χ4v) is 3.45. The normalized spacial score (nSPS) is 11.2. The molecule has 1 unspecified atom stereocenters. The third-order valence-electron chi connectivity index (χ3n) is 3.88. The van der Waals surface area contributed by atoms with Gasteiger partial charge in [-0.3, -0.25) is 4.79 Å². The Kier molecular flexibility index (Phi) is 5.64. The molecule has 2 heterocycles. The van der Waals surface area contributed by atoms with E-state index in [1.54, 1.807) is 31.2 Å². The van der Waals surface area contributed by atoms with Crippen molar-refractivity contribution in [1.82, 2.24) is 4.98 Å². The topological polar surface area (TPSA) is 129 Å². The Hall–Kier alpha value is -3.75. The number of rotatable bonds is 5. The molecular formula is C20H15N5O2S. The molecule has 1 atom stereocenters. The van der Waals surface area contributed by atoms with Crippen molar-refractivity contribution in [2.45, 2.75) is 17.2 Å². The molecule has 1 aromatic carbocycles. The zero-order chi connectivity index (χ0) is 20.1. The summed E-state index contributed by atoms with van der Waals surface area (Å²) >= 11 is 1.09. The first-order valence-electron chi connectivity index (χ1n) is 8.25. The van der Waals surface area contributed by atoms with Crippen LogP contribution in [0.25, 0.3) is 11.3 Å². The first-order valence-corrected chi connectivity index (χ1v) is 9.13. The number of nitrogen functional groups attached to an aromatic ring is 1. The van der Waals surface area contributed by atoms with Gasteiger partial charge in [0.25, 0.3) is 0 Å². The molecule has 8 heteroatoms. The van der Waals surface area contributed by atoms with E-state index in [4.69, 9.17) is 10.2 Å². The number of hydrogen-bond donors (Lipinski definition) is 2.